The summed E-state index contributed by atoms with van der Waals surface area (Å²) in [7, 11) is -2.46. The Morgan fingerprint density at radius 2 is 2.30 bits per heavy atom. The Balaban J connectivity index is 2.21. The van der Waals surface area contributed by atoms with E-state index >= 15 is 0 Å². The Hall–Kier alpha value is -0.700. The third-order valence-electron chi connectivity index (χ3n) is 3.18. The van der Waals surface area contributed by atoms with Crippen LogP contribution in [-0.4, -0.2) is 34.7 Å². The molecule has 0 amide bonds. The minimum Gasteiger partial charge on any atom is -0.495 e. The fourth-order valence-electron chi connectivity index (χ4n) is 2.10. The summed E-state index contributed by atoms with van der Waals surface area (Å²) in [5.74, 6) is -0.546. The molecule has 1 heterocycles. The zero-order chi connectivity index (χ0) is 14.8. The molecule has 0 aliphatic carbocycles. The van der Waals surface area contributed by atoms with E-state index in [0.717, 1.165) is 25.5 Å². The lowest BCUT2D eigenvalue weighted by Crippen LogP contribution is -2.37. The van der Waals surface area contributed by atoms with Crippen molar-refractivity contribution in [3.63, 3.8) is 0 Å². The van der Waals surface area contributed by atoms with Gasteiger partial charge < -0.3 is 10.1 Å². The Morgan fingerprint density at radius 3 is 2.90 bits per heavy atom. The summed E-state index contributed by atoms with van der Waals surface area (Å²) in [5, 5.41) is 3.19. The number of ether oxygens (including phenoxy) is 1. The molecule has 0 radical (unpaired) electrons. The largest absolute Gasteiger partial charge is 0.495 e. The first kappa shape index (κ1) is 15.7. The first-order valence-electron chi connectivity index (χ1n) is 6.20. The molecule has 1 saturated heterocycles. The van der Waals surface area contributed by atoms with E-state index in [1.807, 2.05) is 0 Å². The molecule has 0 bridgehead atoms. The number of hydrogen-bond acceptors (Lipinski definition) is 4. The molecular weight excluding hydrogens is 351 g/mol. The Bertz CT molecular complexity index is 589. The van der Waals surface area contributed by atoms with Gasteiger partial charge in [0.25, 0.3) is 0 Å². The van der Waals surface area contributed by atoms with Crippen molar-refractivity contribution in [2.75, 3.05) is 20.2 Å². The standard InChI is InChI=1S/C12H16BrFN2O3S/c1-19-11-5-9(13)10(14)6-12(11)20(17,18)16-7-8-3-2-4-15-8/h5-6,8,15-16H,2-4,7H2,1H3. The van der Waals surface area contributed by atoms with Crippen LogP contribution in [0.3, 0.4) is 0 Å². The van der Waals surface area contributed by atoms with Crippen LogP contribution in [0, 0.1) is 5.82 Å². The third-order valence-corrected chi connectivity index (χ3v) is 5.23. The van der Waals surface area contributed by atoms with Gasteiger partial charge in [0, 0.05) is 12.6 Å². The van der Waals surface area contributed by atoms with Gasteiger partial charge in [-0.15, -0.1) is 0 Å². The Morgan fingerprint density at radius 1 is 1.55 bits per heavy atom. The quantitative estimate of drug-likeness (QED) is 0.830. The summed E-state index contributed by atoms with van der Waals surface area (Å²) in [6.45, 7) is 1.17. The third kappa shape index (κ3) is 3.49. The van der Waals surface area contributed by atoms with Gasteiger partial charge >= 0.3 is 0 Å². The second-order valence-corrected chi connectivity index (χ2v) is 7.15. The number of halogens is 2. The second kappa shape index (κ2) is 6.38. The molecule has 8 heteroatoms. The Labute approximate surface area is 126 Å². The summed E-state index contributed by atoms with van der Waals surface area (Å²) in [5.41, 5.74) is 0. The van der Waals surface area contributed by atoms with Crippen LogP contribution in [0.1, 0.15) is 12.8 Å². The lowest BCUT2D eigenvalue weighted by atomic mass is 10.2. The first-order chi connectivity index (χ1) is 9.44. The molecular formula is C12H16BrFN2O3S. The molecule has 0 aromatic heterocycles. The molecule has 20 heavy (non-hydrogen) atoms. The lowest BCUT2D eigenvalue weighted by molar-refractivity contribution is 0.400. The fourth-order valence-corrected chi connectivity index (χ4v) is 3.66. The molecule has 1 unspecified atom stereocenters. The normalized spacial score (nSPS) is 19.2. The maximum Gasteiger partial charge on any atom is 0.244 e. The Kier molecular flexibility index (Phi) is 5.00. The highest BCUT2D eigenvalue weighted by Crippen LogP contribution is 2.29. The minimum atomic E-state index is -3.81. The van der Waals surface area contributed by atoms with Crippen LogP contribution >= 0.6 is 15.9 Å². The van der Waals surface area contributed by atoms with Crippen LogP contribution in [0.2, 0.25) is 0 Å². The van der Waals surface area contributed by atoms with E-state index in [2.05, 4.69) is 26.0 Å². The van der Waals surface area contributed by atoms with E-state index in [9.17, 15) is 12.8 Å². The van der Waals surface area contributed by atoms with E-state index in [4.69, 9.17) is 4.74 Å². The number of benzene rings is 1. The zero-order valence-corrected chi connectivity index (χ0v) is 13.4. The molecule has 5 nitrogen and oxygen atoms in total. The van der Waals surface area contributed by atoms with Crippen LogP contribution in [-0.2, 0) is 10.0 Å². The highest BCUT2D eigenvalue weighted by atomic mass is 79.9. The highest BCUT2D eigenvalue weighted by Gasteiger charge is 2.24. The summed E-state index contributed by atoms with van der Waals surface area (Å²) >= 11 is 3.00. The molecule has 0 saturated carbocycles. The molecule has 1 aromatic carbocycles. The molecule has 1 aliphatic rings. The SMILES string of the molecule is COc1cc(Br)c(F)cc1S(=O)(=O)NCC1CCCN1. The van der Waals surface area contributed by atoms with Gasteiger partial charge in [0.1, 0.15) is 16.5 Å². The molecule has 1 fully saturated rings. The molecule has 2 N–H and O–H groups in total. The maximum atomic E-state index is 13.6. The molecule has 2 rings (SSSR count). The molecule has 0 spiro atoms. The van der Waals surface area contributed by atoms with E-state index < -0.39 is 15.8 Å². The molecule has 1 aromatic rings. The smallest absolute Gasteiger partial charge is 0.244 e. The van der Waals surface area contributed by atoms with Crippen LogP contribution in [0.4, 0.5) is 4.39 Å². The zero-order valence-electron chi connectivity index (χ0n) is 10.9. The van der Waals surface area contributed by atoms with Crippen molar-refractivity contribution in [2.45, 2.75) is 23.8 Å². The minimum absolute atomic E-state index is 0.102. The van der Waals surface area contributed by atoms with Crippen molar-refractivity contribution in [1.29, 1.82) is 0 Å². The highest BCUT2D eigenvalue weighted by molar-refractivity contribution is 9.10. The van der Waals surface area contributed by atoms with Gasteiger partial charge in [-0.2, -0.15) is 0 Å². The molecule has 1 aliphatic heterocycles. The van der Waals surface area contributed by atoms with Gasteiger partial charge in [-0.05, 0) is 47.4 Å². The van der Waals surface area contributed by atoms with E-state index in [0.29, 0.717) is 0 Å². The second-order valence-electron chi connectivity index (χ2n) is 4.56. The van der Waals surface area contributed by atoms with Crippen molar-refractivity contribution in [1.82, 2.24) is 10.0 Å². The number of methoxy groups -OCH3 is 1. The van der Waals surface area contributed by atoms with Crippen molar-refractivity contribution >= 4 is 26.0 Å². The molecule has 1 atom stereocenters. The van der Waals surface area contributed by atoms with Crippen molar-refractivity contribution < 1.29 is 17.5 Å². The first-order valence-corrected chi connectivity index (χ1v) is 8.48. The van der Waals surface area contributed by atoms with E-state index in [1.165, 1.54) is 13.2 Å². The summed E-state index contributed by atoms with van der Waals surface area (Å²) in [4.78, 5) is -0.196. The van der Waals surface area contributed by atoms with Gasteiger partial charge in [0.2, 0.25) is 10.0 Å². The van der Waals surface area contributed by atoms with Crippen molar-refractivity contribution in [2.24, 2.45) is 0 Å². The summed E-state index contributed by atoms with van der Waals surface area (Å²) in [6.07, 6.45) is 1.96. The summed E-state index contributed by atoms with van der Waals surface area (Å²) < 4.78 is 45.7. The molecule has 112 valence electrons. The number of rotatable bonds is 5. The number of hydrogen-bond donors (Lipinski definition) is 2. The van der Waals surface area contributed by atoms with Gasteiger partial charge in [0.15, 0.2) is 0 Å². The van der Waals surface area contributed by atoms with Crippen molar-refractivity contribution in [3.05, 3.63) is 22.4 Å². The van der Waals surface area contributed by atoms with Gasteiger partial charge in [-0.1, -0.05) is 0 Å². The van der Waals surface area contributed by atoms with Gasteiger partial charge in [-0.25, -0.2) is 17.5 Å². The van der Waals surface area contributed by atoms with Crippen LogP contribution < -0.4 is 14.8 Å². The van der Waals surface area contributed by atoms with Crippen LogP contribution in [0.25, 0.3) is 0 Å². The monoisotopic (exact) mass is 366 g/mol. The predicted octanol–water partition coefficient (Wildman–Crippen LogP) is 1.63. The summed E-state index contributed by atoms with van der Waals surface area (Å²) in [6, 6.07) is 2.38. The average molecular weight is 367 g/mol. The van der Waals surface area contributed by atoms with E-state index in [-0.39, 0.29) is 27.7 Å². The number of sulfonamides is 1. The van der Waals surface area contributed by atoms with Crippen LogP contribution in [0.15, 0.2) is 21.5 Å². The van der Waals surface area contributed by atoms with E-state index in [1.54, 1.807) is 0 Å². The van der Waals surface area contributed by atoms with Gasteiger partial charge in [0.05, 0.1) is 11.6 Å². The maximum absolute atomic E-state index is 13.6. The van der Waals surface area contributed by atoms with Gasteiger partial charge in [-0.3, -0.25) is 0 Å². The van der Waals surface area contributed by atoms with Crippen molar-refractivity contribution in [3.8, 4) is 5.75 Å². The fraction of sp³-hybridized carbons (Fsp3) is 0.500. The lowest BCUT2D eigenvalue weighted by Gasteiger charge is -2.14. The number of nitrogens with one attached hydrogen (secondary N) is 2. The average Bonchev–Trinajstić information content (AvgIpc) is 2.92. The predicted molar refractivity (Wildman–Crippen MR) is 76.9 cm³/mol. The topological polar surface area (TPSA) is 67.4 Å². The van der Waals surface area contributed by atoms with Crippen LogP contribution in [0.5, 0.6) is 5.75 Å².